The second-order valence-electron chi connectivity index (χ2n) is 6.36. The lowest BCUT2D eigenvalue weighted by atomic mass is 10.3. The maximum Gasteiger partial charge on any atom is 0.310 e. The van der Waals surface area contributed by atoms with Crippen LogP contribution in [0.4, 0.5) is 34.4 Å². The fourth-order valence-electron chi connectivity index (χ4n) is 2.18. The van der Waals surface area contributed by atoms with Crippen LogP contribution in [0.1, 0.15) is 7.43 Å². The van der Waals surface area contributed by atoms with E-state index in [2.05, 4.69) is 9.97 Å². The molecule has 0 unspecified atom stereocenters. The number of pyridine rings is 2. The van der Waals surface area contributed by atoms with Crippen molar-refractivity contribution in [1.82, 2.24) is 9.97 Å². The zero-order valence-electron chi connectivity index (χ0n) is 19.2. The van der Waals surface area contributed by atoms with Crippen molar-refractivity contribution in [3.8, 4) is 0 Å². The van der Waals surface area contributed by atoms with E-state index in [4.69, 9.17) is 31.8 Å². The van der Waals surface area contributed by atoms with Crippen LogP contribution >= 0.6 is 0 Å². The highest BCUT2D eigenvalue weighted by Crippen LogP contribution is 2.23. The van der Waals surface area contributed by atoms with Crippen LogP contribution < -0.4 is 27.0 Å². The Balaban J connectivity index is 0. The summed E-state index contributed by atoms with van der Waals surface area (Å²) in [5, 5.41) is 17.5. The van der Waals surface area contributed by atoms with E-state index in [9.17, 15) is 10.1 Å². The Hall–Kier alpha value is -3.42. The van der Waals surface area contributed by atoms with Crippen LogP contribution in [-0.4, -0.2) is 81.7 Å². The molecule has 0 fully saturated rings. The van der Waals surface area contributed by atoms with Gasteiger partial charge in [-0.2, -0.15) is 0 Å². The summed E-state index contributed by atoms with van der Waals surface area (Å²) in [6.45, 7) is 2.62. The molecule has 0 spiro atoms. The lowest BCUT2D eigenvalue weighted by Crippen LogP contribution is -2.23. The molecule has 2 aromatic rings. The number of anilines is 5. The van der Waals surface area contributed by atoms with Crippen molar-refractivity contribution >= 4 is 34.4 Å². The van der Waals surface area contributed by atoms with E-state index < -0.39 is 4.92 Å². The van der Waals surface area contributed by atoms with Gasteiger partial charge in [-0.3, -0.25) is 10.1 Å². The predicted molar refractivity (Wildman–Crippen MR) is 134 cm³/mol. The third-order valence-electron chi connectivity index (χ3n) is 4.09. The van der Waals surface area contributed by atoms with Gasteiger partial charge in [-0.05, 0) is 0 Å². The average Bonchev–Trinajstić information content (AvgIpc) is 2.79. The van der Waals surface area contributed by atoms with E-state index in [1.807, 2.05) is 23.9 Å². The quantitative estimate of drug-likeness (QED) is 0.303. The molecule has 0 bridgehead atoms. The number of nitro groups is 1. The number of hydrogen-bond donors (Lipinski definition) is 4. The van der Waals surface area contributed by atoms with E-state index >= 15 is 0 Å². The van der Waals surface area contributed by atoms with Gasteiger partial charge in [0, 0.05) is 60.6 Å². The molecule has 0 aromatic carbocycles. The van der Waals surface area contributed by atoms with Crippen LogP contribution in [-0.2, 0) is 9.47 Å². The van der Waals surface area contributed by atoms with Gasteiger partial charge in [0.05, 0.1) is 35.7 Å². The number of nitrogen functional groups attached to an aromatic ring is 3. The molecule has 0 aliphatic rings. The summed E-state index contributed by atoms with van der Waals surface area (Å²) in [4.78, 5) is 21.9. The monoisotopic (exact) mass is 470 g/mol. The van der Waals surface area contributed by atoms with Gasteiger partial charge in [-0.15, -0.1) is 0 Å². The largest absolute Gasteiger partial charge is 0.400 e. The Morgan fingerprint density at radius 1 is 0.909 bits per heavy atom. The zero-order chi connectivity index (χ0) is 24.7. The molecule has 0 radical (unpaired) electrons. The van der Waals surface area contributed by atoms with Crippen molar-refractivity contribution in [2.45, 2.75) is 7.43 Å². The minimum Gasteiger partial charge on any atom is -0.400 e. The molecule has 2 aromatic heterocycles. The molecule has 0 aliphatic heterocycles. The first-order chi connectivity index (χ1) is 15.2. The van der Waals surface area contributed by atoms with Gasteiger partial charge in [0.1, 0.15) is 23.5 Å². The number of aliphatic hydroxyl groups excluding tert-OH is 1. The summed E-state index contributed by atoms with van der Waals surface area (Å²) in [5.41, 5.74) is 17.8. The van der Waals surface area contributed by atoms with Crippen molar-refractivity contribution in [2.75, 3.05) is 88.7 Å². The smallest absolute Gasteiger partial charge is 0.310 e. The Morgan fingerprint density at radius 2 is 1.33 bits per heavy atom. The molecular weight excluding hydrogens is 432 g/mol. The number of ether oxygens (including phenoxy) is 2. The fourth-order valence-corrected chi connectivity index (χ4v) is 2.18. The minimum absolute atomic E-state index is 0. The summed E-state index contributed by atoms with van der Waals surface area (Å²) in [6, 6.07) is 3.23. The fraction of sp³-hybridized carbons (Fsp3) is 0.500. The number of aliphatic hydroxyl groups is 1. The van der Waals surface area contributed by atoms with E-state index in [1.165, 1.54) is 6.07 Å². The molecule has 0 saturated heterocycles. The molecule has 0 amide bonds. The molecule has 0 aliphatic carbocycles. The SMILES string of the molecule is C.CO.COCCN(C)c1cc(N)c(N)cn1.COCCN(C)c1cc(N)c([N+](=O)[O-])cn1. The standard InChI is InChI=1S/C9H14N4O3.C9H16N4O.CH4O.CH4/c1-12(3-4-16-2)9-5-7(10)8(6-11-9)13(14)15;1-13(3-4-14-2)9-5-7(10)8(11)6-12-9;1-2;/h5-6H,3-4H2,1-2H3,(H2,10,11);5-6H,3-4,11H2,1-2H3,(H2,10,12);2H,1H3;1H4. The molecular formula is C20H38N8O5. The average molecular weight is 471 g/mol. The molecule has 33 heavy (non-hydrogen) atoms. The molecule has 0 atom stereocenters. The van der Waals surface area contributed by atoms with Gasteiger partial charge in [0.25, 0.3) is 0 Å². The van der Waals surface area contributed by atoms with Crippen LogP contribution in [0.2, 0.25) is 0 Å². The van der Waals surface area contributed by atoms with Crippen molar-refractivity contribution in [1.29, 1.82) is 0 Å². The van der Waals surface area contributed by atoms with Crippen molar-refractivity contribution in [2.24, 2.45) is 0 Å². The van der Waals surface area contributed by atoms with Gasteiger partial charge in [-0.25, -0.2) is 9.97 Å². The van der Waals surface area contributed by atoms with Crippen molar-refractivity contribution < 1.29 is 19.5 Å². The number of hydrogen-bond acceptors (Lipinski definition) is 12. The molecule has 2 rings (SSSR count). The van der Waals surface area contributed by atoms with E-state index in [1.54, 1.807) is 26.5 Å². The van der Waals surface area contributed by atoms with Crippen LogP contribution in [0.5, 0.6) is 0 Å². The van der Waals surface area contributed by atoms with Crippen LogP contribution in [0.25, 0.3) is 0 Å². The number of aromatic nitrogens is 2. The molecule has 7 N–H and O–H groups in total. The minimum atomic E-state index is -0.554. The summed E-state index contributed by atoms with van der Waals surface area (Å²) in [5.74, 6) is 1.38. The zero-order valence-corrected chi connectivity index (χ0v) is 19.2. The molecule has 188 valence electrons. The highest BCUT2D eigenvalue weighted by Gasteiger charge is 2.13. The predicted octanol–water partition coefficient (Wildman–Crippen LogP) is 1.23. The van der Waals surface area contributed by atoms with Crippen molar-refractivity contribution in [3.05, 3.63) is 34.6 Å². The second-order valence-corrected chi connectivity index (χ2v) is 6.36. The second kappa shape index (κ2) is 17.2. The van der Waals surface area contributed by atoms with Crippen molar-refractivity contribution in [3.63, 3.8) is 0 Å². The highest BCUT2D eigenvalue weighted by atomic mass is 16.6. The maximum absolute atomic E-state index is 10.5. The van der Waals surface area contributed by atoms with E-state index in [0.717, 1.165) is 25.7 Å². The number of rotatable bonds is 9. The first-order valence-electron chi connectivity index (χ1n) is 9.47. The Kier molecular flexibility index (Phi) is 16.5. The Labute approximate surface area is 195 Å². The number of nitrogens with zero attached hydrogens (tertiary/aromatic N) is 5. The topological polar surface area (TPSA) is 192 Å². The van der Waals surface area contributed by atoms with Crippen LogP contribution in [0, 0.1) is 10.1 Å². The van der Waals surface area contributed by atoms with Crippen LogP contribution in [0.3, 0.4) is 0 Å². The summed E-state index contributed by atoms with van der Waals surface area (Å²) >= 11 is 0. The van der Waals surface area contributed by atoms with Gasteiger partial charge in [0.15, 0.2) is 0 Å². The lowest BCUT2D eigenvalue weighted by Gasteiger charge is -2.18. The number of methoxy groups -OCH3 is 2. The van der Waals surface area contributed by atoms with Gasteiger partial charge >= 0.3 is 5.69 Å². The van der Waals surface area contributed by atoms with Gasteiger partial charge in [0.2, 0.25) is 0 Å². The molecule has 0 saturated carbocycles. The van der Waals surface area contributed by atoms with Gasteiger partial charge in [-0.1, -0.05) is 7.43 Å². The third kappa shape index (κ3) is 11.1. The Morgan fingerprint density at radius 3 is 1.70 bits per heavy atom. The first-order valence-corrected chi connectivity index (χ1v) is 9.47. The lowest BCUT2D eigenvalue weighted by molar-refractivity contribution is -0.384. The molecule has 2 heterocycles. The summed E-state index contributed by atoms with van der Waals surface area (Å²) < 4.78 is 9.88. The summed E-state index contributed by atoms with van der Waals surface area (Å²) in [7, 11) is 8.01. The number of nitrogens with two attached hydrogens (primary N) is 3. The first kappa shape index (κ1) is 31.8. The van der Waals surface area contributed by atoms with E-state index in [-0.39, 0.29) is 18.8 Å². The highest BCUT2D eigenvalue weighted by molar-refractivity contribution is 5.66. The maximum atomic E-state index is 10.5. The Bertz CT molecular complexity index is 825. The molecule has 13 nitrogen and oxygen atoms in total. The van der Waals surface area contributed by atoms with Crippen LogP contribution in [0.15, 0.2) is 24.5 Å². The number of likely N-dealkylation sites (N-methyl/N-ethyl adjacent to an activating group) is 2. The van der Waals surface area contributed by atoms with E-state index in [0.29, 0.717) is 37.0 Å². The summed E-state index contributed by atoms with van der Waals surface area (Å²) in [6.07, 6.45) is 2.72. The molecule has 13 heteroatoms. The van der Waals surface area contributed by atoms with Gasteiger partial charge < -0.3 is 41.6 Å². The normalized spacial score (nSPS) is 9.39. The third-order valence-corrected chi connectivity index (χ3v) is 4.09.